The SMILES string of the molecule is COCC(NC(=O)c1cc2c(s1)CCN(C)CC2)c1nc2ccc(Cl)cc2[nH]1. The molecule has 0 saturated carbocycles. The van der Waals surface area contributed by atoms with Gasteiger partial charge in [0.05, 0.1) is 22.5 Å². The molecule has 1 atom stereocenters. The highest BCUT2D eigenvalue weighted by Gasteiger charge is 2.22. The minimum Gasteiger partial charge on any atom is -0.382 e. The molecule has 1 amide bonds. The van der Waals surface area contributed by atoms with E-state index in [2.05, 4.69) is 27.2 Å². The van der Waals surface area contributed by atoms with Crippen LogP contribution in [0.3, 0.4) is 0 Å². The summed E-state index contributed by atoms with van der Waals surface area (Å²) in [5.74, 6) is 0.569. The number of likely N-dealkylation sites (N-methyl/N-ethyl adjacent to an activating group) is 1. The molecule has 2 aromatic heterocycles. The predicted octanol–water partition coefficient (Wildman–Crippen LogP) is 3.43. The lowest BCUT2D eigenvalue weighted by molar-refractivity contribution is 0.0896. The van der Waals surface area contributed by atoms with Crippen LogP contribution in [0, 0.1) is 0 Å². The second-order valence-corrected chi connectivity index (χ2v) is 8.70. The summed E-state index contributed by atoms with van der Waals surface area (Å²) < 4.78 is 5.32. The van der Waals surface area contributed by atoms with Gasteiger partial charge in [-0.3, -0.25) is 4.79 Å². The molecular weight excluding hydrogens is 396 g/mol. The molecule has 0 fully saturated rings. The topological polar surface area (TPSA) is 70.2 Å². The predicted molar refractivity (Wildman–Crippen MR) is 112 cm³/mol. The lowest BCUT2D eigenvalue weighted by Crippen LogP contribution is -2.31. The Labute approximate surface area is 172 Å². The number of fused-ring (bicyclic) bond motifs is 2. The van der Waals surface area contributed by atoms with Crippen molar-refractivity contribution in [2.45, 2.75) is 18.9 Å². The zero-order chi connectivity index (χ0) is 19.7. The quantitative estimate of drug-likeness (QED) is 0.666. The first kappa shape index (κ1) is 19.4. The molecule has 0 radical (unpaired) electrons. The van der Waals surface area contributed by atoms with Gasteiger partial charge in [-0.25, -0.2) is 4.98 Å². The molecule has 3 aromatic rings. The minimum atomic E-state index is -0.364. The Hall–Kier alpha value is -1.93. The third-order valence-electron chi connectivity index (χ3n) is 5.03. The number of halogens is 1. The van der Waals surface area contributed by atoms with Crippen molar-refractivity contribution in [2.75, 3.05) is 33.9 Å². The van der Waals surface area contributed by atoms with Gasteiger partial charge in [0.2, 0.25) is 0 Å². The molecule has 3 heterocycles. The lowest BCUT2D eigenvalue weighted by atomic mass is 10.1. The fourth-order valence-electron chi connectivity index (χ4n) is 3.47. The van der Waals surface area contributed by atoms with E-state index >= 15 is 0 Å². The standard InChI is InChI=1S/C20H23ClN4O2S/c1-25-7-5-12-9-18(28-17(12)6-8-25)20(26)24-16(11-27-2)19-22-14-4-3-13(21)10-15(14)23-19/h3-4,9-10,16H,5-8,11H2,1-2H3,(H,22,23)(H,24,26). The number of hydrogen-bond donors (Lipinski definition) is 2. The molecule has 0 bridgehead atoms. The number of thiophene rings is 1. The number of aromatic amines is 1. The van der Waals surface area contributed by atoms with Crippen LogP contribution in [0.5, 0.6) is 0 Å². The van der Waals surface area contributed by atoms with Crippen molar-refractivity contribution in [2.24, 2.45) is 0 Å². The number of rotatable bonds is 5. The van der Waals surface area contributed by atoms with E-state index in [1.807, 2.05) is 18.2 Å². The first-order valence-corrected chi connectivity index (χ1v) is 10.5. The molecule has 6 nitrogen and oxygen atoms in total. The van der Waals surface area contributed by atoms with Crippen LogP contribution in [0.25, 0.3) is 11.0 Å². The van der Waals surface area contributed by atoms with E-state index in [0.29, 0.717) is 17.5 Å². The molecule has 4 rings (SSSR count). The zero-order valence-electron chi connectivity index (χ0n) is 15.9. The first-order chi connectivity index (χ1) is 13.5. The van der Waals surface area contributed by atoms with Crippen molar-refractivity contribution in [1.82, 2.24) is 20.2 Å². The number of amides is 1. The van der Waals surface area contributed by atoms with E-state index in [4.69, 9.17) is 16.3 Å². The van der Waals surface area contributed by atoms with Crippen molar-refractivity contribution < 1.29 is 9.53 Å². The highest BCUT2D eigenvalue weighted by atomic mass is 35.5. The second kappa shape index (κ2) is 8.21. The van der Waals surface area contributed by atoms with Crippen molar-refractivity contribution in [3.63, 3.8) is 0 Å². The summed E-state index contributed by atoms with van der Waals surface area (Å²) in [7, 11) is 3.75. The van der Waals surface area contributed by atoms with Gasteiger partial charge in [-0.05, 0) is 49.7 Å². The Balaban J connectivity index is 1.54. The van der Waals surface area contributed by atoms with Gasteiger partial charge < -0.3 is 19.9 Å². The van der Waals surface area contributed by atoms with E-state index < -0.39 is 0 Å². The Morgan fingerprint density at radius 1 is 1.39 bits per heavy atom. The summed E-state index contributed by atoms with van der Waals surface area (Å²) in [6.07, 6.45) is 1.98. The molecule has 28 heavy (non-hydrogen) atoms. The van der Waals surface area contributed by atoms with E-state index in [0.717, 1.165) is 41.8 Å². The molecule has 1 unspecified atom stereocenters. The third-order valence-corrected chi connectivity index (χ3v) is 6.51. The van der Waals surface area contributed by atoms with Crippen LogP contribution < -0.4 is 5.32 Å². The fraction of sp³-hybridized carbons (Fsp3) is 0.400. The van der Waals surface area contributed by atoms with Crippen LogP contribution in [0.1, 0.15) is 32.0 Å². The summed E-state index contributed by atoms with van der Waals surface area (Å²) in [4.78, 5) is 25.1. The van der Waals surface area contributed by atoms with Gasteiger partial charge in [-0.1, -0.05) is 11.6 Å². The Kier molecular flexibility index (Phi) is 5.68. The smallest absolute Gasteiger partial charge is 0.262 e. The summed E-state index contributed by atoms with van der Waals surface area (Å²) >= 11 is 7.65. The number of carbonyl (C=O) groups is 1. The maximum Gasteiger partial charge on any atom is 0.262 e. The first-order valence-electron chi connectivity index (χ1n) is 9.28. The van der Waals surface area contributed by atoms with Crippen molar-refractivity contribution >= 4 is 39.9 Å². The van der Waals surface area contributed by atoms with Gasteiger partial charge in [0.25, 0.3) is 5.91 Å². The van der Waals surface area contributed by atoms with Crippen LogP contribution >= 0.6 is 22.9 Å². The van der Waals surface area contributed by atoms with Gasteiger partial charge >= 0.3 is 0 Å². The van der Waals surface area contributed by atoms with Crippen molar-refractivity contribution in [3.05, 3.63) is 50.4 Å². The van der Waals surface area contributed by atoms with Gasteiger partial charge in [0.15, 0.2) is 0 Å². The number of hydrogen-bond acceptors (Lipinski definition) is 5. The van der Waals surface area contributed by atoms with Gasteiger partial charge in [-0.2, -0.15) is 0 Å². The minimum absolute atomic E-state index is 0.0908. The summed E-state index contributed by atoms with van der Waals surface area (Å²) in [5, 5.41) is 3.71. The van der Waals surface area contributed by atoms with E-state index in [9.17, 15) is 4.79 Å². The van der Waals surface area contributed by atoms with Crippen LogP contribution in [-0.2, 0) is 17.6 Å². The number of H-pyrrole nitrogens is 1. The number of carbonyl (C=O) groups excluding carboxylic acids is 1. The number of benzene rings is 1. The van der Waals surface area contributed by atoms with Gasteiger partial charge in [-0.15, -0.1) is 11.3 Å². The van der Waals surface area contributed by atoms with Gasteiger partial charge in [0.1, 0.15) is 11.9 Å². The monoisotopic (exact) mass is 418 g/mol. The normalized spacial score (nSPS) is 16.0. The maximum absolute atomic E-state index is 12.9. The fourth-order valence-corrected chi connectivity index (χ4v) is 4.74. The molecule has 8 heteroatoms. The third kappa shape index (κ3) is 4.07. The largest absolute Gasteiger partial charge is 0.382 e. The lowest BCUT2D eigenvalue weighted by Gasteiger charge is -2.15. The summed E-state index contributed by atoms with van der Waals surface area (Å²) in [6.45, 7) is 2.39. The number of aromatic nitrogens is 2. The maximum atomic E-state index is 12.9. The second-order valence-electron chi connectivity index (χ2n) is 7.13. The van der Waals surface area contributed by atoms with E-state index in [1.165, 1.54) is 10.4 Å². The number of methoxy groups -OCH3 is 1. The molecule has 0 aliphatic carbocycles. The van der Waals surface area contributed by atoms with E-state index in [-0.39, 0.29) is 11.9 Å². The van der Waals surface area contributed by atoms with Crippen LogP contribution in [-0.4, -0.2) is 54.6 Å². The Morgan fingerprint density at radius 3 is 3.04 bits per heavy atom. The number of nitrogens with one attached hydrogen (secondary N) is 2. The van der Waals surface area contributed by atoms with Crippen LogP contribution in [0.2, 0.25) is 5.02 Å². The van der Waals surface area contributed by atoms with E-state index in [1.54, 1.807) is 24.5 Å². The highest BCUT2D eigenvalue weighted by Crippen LogP contribution is 2.27. The molecule has 1 aromatic carbocycles. The van der Waals surface area contributed by atoms with Crippen molar-refractivity contribution in [1.29, 1.82) is 0 Å². The summed E-state index contributed by atoms with van der Waals surface area (Å²) in [6, 6.07) is 7.16. The molecule has 148 valence electrons. The molecule has 1 aliphatic rings. The molecule has 0 spiro atoms. The summed E-state index contributed by atoms with van der Waals surface area (Å²) in [5.41, 5.74) is 2.94. The number of nitrogens with zero attached hydrogens (tertiary/aromatic N) is 2. The molecule has 2 N–H and O–H groups in total. The highest BCUT2D eigenvalue weighted by molar-refractivity contribution is 7.14. The number of ether oxygens (including phenoxy) is 1. The Morgan fingerprint density at radius 2 is 2.21 bits per heavy atom. The zero-order valence-corrected chi connectivity index (χ0v) is 17.5. The van der Waals surface area contributed by atoms with Crippen LogP contribution in [0.15, 0.2) is 24.3 Å². The molecule has 0 saturated heterocycles. The van der Waals surface area contributed by atoms with Gasteiger partial charge in [0, 0.05) is 30.1 Å². The average molecular weight is 419 g/mol. The molecule has 1 aliphatic heterocycles. The number of imidazole rings is 1. The average Bonchev–Trinajstić information content (AvgIpc) is 3.23. The van der Waals surface area contributed by atoms with Crippen molar-refractivity contribution in [3.8, 4) is 0 Å². The van der Waals surface area contributed by atoms with Crippen LogP contribution in [0.4, 0.5) is 0 Å². The molecular formula is C20H23ClN4O2S. The Bertz CT molecular complexity index is 974.